The van der Waals surface area contributed by atoms with Gasteiger partial charge in [0, 0.05) is 31.4 Å². The first kappa shape index (κ1) is 22.5. The summed E-state index contributed by atoms with van der Waals surface area (Å²) in [5, 5.41) is 11.8. The van der Waals surface area contributed by atoms with Crippen LogP contribution in [0.2, 0.25) is 0 Å². The fourth-order valence-corrected chi connectivity index (χ4v) is 4.97. The quantitative estimate of drug-likeness (QED) is 0.255. The van der Waals surface area contributed by atoms with Gasteiger partial charge in [0.1, 0.15) is 23.6 Å². The molecule has 3 atom stereocenters. The highest BCUT2D eigenvalue weighted by molar-refractivity contribution is 8.03. The third kappa shape index (κ3) is 4.21. The van der Waals surface area contributed by atoms with Gasteiger partial charge in [-0.1, -0.05) is 0 Å². The van der Waals surface area contributed by atoms with E-state index in [-0.39, 0.29) is 18.0 Å². The van der Waals surface area contributed by atoms with E-state index in [1.54, 1.807) is 13.8 Å². The number of hydrogen-bond donors (Lipinski definition) is 0. The van der Waals surface area contributed by atoms with Crippen LogP contribution in [-0.4, -0.2) is 38.0 Å². The SMILES string of the molecule is CC(=O)OC(c1oc(C)nc1C)C1C(=O)N2C(C(=O)OCc3ccc([N+](=O)[O-])cc3)=CS[C@@H]12. The van der Waals surface area contributed by atoms with Crippen molar-refractivity contribution in [2.24, 2.45) is 5.92 Å². The Balaban J connectivity index is 1.44. The number of rotatable bonds is 7. The number of nitrogens with zero attached hydrogens (tertiary/aromatic N) is 3. The summed E-state index contributed by atoms with van der Waals surface area (Å²) in [6.45, 7) is 4.49. The zero-order valence-electron chi connectivity index (χ0n) is 17.8. The Morgan fingerprint density at radius 3 is 2.58 bits per heavy atom. The number of fused-ring (bicyclic) bond motifs is 1. The van der Waals surface area contributed by atoms with Gasteiger partial charge in [0.05, 0.1) is 10.6 Å². The molecule has 2 aromatic rings. The van der Waals surface area contributed by atoms with Gasteiger partial charge in [-0.3, -0.25) is 24.6 Å². The maximum absolute atomic E-state index is 13.0. The van der Waals surface area contributed by atoms with Crippen molar-refractivity contribution in [2.75, 3.05) is 0 Å². The number of carbonyl (C=O) groups is 3. The molecule has 0 radical (unpaired) electrons. The minimum Gasteiger partial charge on any atom is -0.456 e. The Hall–Kier alpha value is -3.67. The molecule has 172 valence electrons. The monoisotopic (exact) mass is 473 g/mol. The predicted molar refractivity (Wildman–Crippen MR) is 113 cm³/mol. The van der Waals surface area contributed by atoms with Crippen LogP contribution in [0.4, 0.5) is 5.69 Å². The minimum absolute atomic E-state index is 0.0699. The van der Waals surface area contributed by atoms with Crippen molar-refractivity contribution >= 4 is 35.3 Å². The lowest BCUT2D eigenvalue weighted by molar-refractivity contribution is -0.384. The van der Waals surface area contributed by atoms with Gasteiger partial charge in [-0.15, -0.1) is 11.8 Å². The van der Waals surface area contributed by atoms with Crippen LogP contribution in [0.25, 0.3) is 0 Å². The molecule has 12 heteroatoms. The first-order valence-corrected chi connectivity index (χ1v) is 10.8. The van der Waals surface area contributed by atoms with Crippen molar-refractivity contribution in [2.45, 2.75) is 38.9 Å². The number of aromatic nitrogens is 1. The number of thioether (sulfide) groups is 1. The van der Waals surface area contributed by atoms with Gasteiger partial charge in [0.2, 0.25) is 5.91 Å². The number of amides is 1. The lowest BCUT2D eigenvalue weighted by Crippen LogP contribution is -2.59. The molecular formula is C21H19N3O8S. The number of aryl methyl sites for hydroxylation is 2. The third-order valence-corrected chi connectivity index (χ3v) is 6.35. The molecule has 2 unspecified atom stereocenters. The van der Waals surface area contributed by atoms with Crippen molar-refractivity contribution in [3.63, 3.8) is 0 Å². The molecular weight excluding hydrogens is 454 g/mol. The Kier molecular flexibility index (Phi) is 5.93. The molecule has 1 aromatic carbocycles. The largest absolute Gasteiger partial charge is 0.456 e. The second-order valence-electron chi connectivity index (χ2n) is 7.48. The zero-order valence-corrected chi connectivity index (χ0v) is 18.7. The number of non-ortho nitro benzene ring substituents is 1. The molecule has 33 heavy (non-hydrogen) atoms. The second-order valence-corrected chi connectivity index (χ2v) is 8.47. The van der Waals surface area contributed by atoms with Gasteiger partial charge < -0.3 is 13.9 Å². The summed E-state index contributed by atoms with van der Waals surface area (Å²) in [7, 11) is 0. The van der Waals surface area contributed by atoms with Crippen molar-refractivity contribution in [3.05, 3.63) is 68.4 Å². The van der Waals surface area contributed by atoms with Gasteiger partial charge in [-0.05, 0) is 24.6 Å². The fraction of sp³-hybridized carbons (Fsp3) is 0.333. The summed E-state index contributed by atoms with van der Waals surface area (Å²) in [4.78, 5) is 53.0. The molecule has 1 fully saturated rings. The molecule has 1 aromatic heterocycles. The van der Waals surface area contributed by atoms with Crippen LogP contribution in [0.3, 0.4) is 0 Å². The van der Waals surface area contributed by atoms with Gasteiger partial charge in [-0.2, -0.15) is 0 Å². The zero-order chi connectivity index (χ0) is 23.9. The standard InChI is InChI=1S/C21H19N3O8S/c1-10-17(31-11(2)22-10)18(32-12(3)25)16-19(26)23-15(9-33-20(16)23)21(27)30-8-13-4-6-14(7-5-13)24(28)29/h4-7,9,16,18,20H,8H2,1-3H3/t16?,18?,20-/m0/s1. The first-order valence-electron chi connectivity index (χ1n) is 9.87. The van der Waals surface area contributed by atoms with Gasteiger partial charge >= 0.3 is 11.9 Å². The van der Waals surface area contributed by atoms with E-state index in [4.69, 9.17) is 13.9 Å². The lowest BCUT2D eigenvalue weighted by Gasteiger charge is -2.44. The summed E-state index contributed by atoms with van der Waals surface area (Å²) in [6, 6.07) is 5.61. The van der Waals surface area contributed by atoms with Crippen LogP contribution in [0.15, 0.2) is 39.8 Å². The van der Waals surface area contributed by atoms with Gasteiger partial charge in [0.25, 0.3) is 5.69 Å². The number of nitro groups is 1. The average Bonchev–Trinajstić information content (AvgIpc) is 3.31. The van der Waals surface area contributed by atoms with Crippen molar-refractivity contribution in [3.8, 4) is 0 Å². The fourth-order valence-electron chi connectivity index (χ4n) is 3.72. The van der Waals surface area contributed by atoms with Crippen LogP contribution in [-0.2, 0) is 30.5 Å². The molecule has 0 aliphatic carbocycles. The molecule has 1 amide bonds. The van der Waals surface area contributed by atoms with Crippen LogP contribution >= 0.6 is 11.8 Å². The van der Waals surface area contributed by atoms with E-state index >= 15 is 0 Å². The van der Waals surface area contributed by atoms with E-state index in [2.05, 4.69) is 4.98 Å². The molecule has 2 aliphatic heterocycles. The highest BCUT2D eigenvalue weighted by Crippen LogP contribution is 2.51. The van der Waals surface area contributed by atoms with Crippen molar-refractivity contribution in [1.82, 2.24) is 9.88 Å². The number of ether oxygens (including phenoxy) is 2. The summed E-state index contributed by atoms with van der Waals surface area (Å²) < 4.78 is 16.3. The number of nitro benzene ring substituents is 1. The number of β-lactam (4-membered cyclic amide) rings is 1. The average molecular weight is 473 g/mol. The number of hydrogen-bond acceptors (Lipinski definition) is 10. The van der Waals surface area contributed by atoms with E-state index in [1.807, 2.05) is 0 Å². The van der Waals surface area contributed by atoms with Crippen molar-refractivity contribution < 1.29 is 33.2 Å². The molecule has 4 rings (SSSR count). The number of esters is 2. The highest BCUT2D eigenvalue weighted by Gasteiger charge is 2.59. The third-order valence-electron chi connectivity index (χ3n) is 5.21. The Morgan fingerprint density at radius 1 is 1.30 bits per heavy atom. The Bertz CT molecular complexity index is 1170. The van der Waals surface area contributed by atoms with Crippen LogP contribution < -0.4 is 0 Å². The first-order chi connectivity index (χ1) is 15.7. The van der Waals surface area contributed by atoms with Crippen LogP contribution in [0, 0.1) is 29.9 Å². The molecule has 0 spiro atoms. The van der Waals surface area contributed by atoms with Gasteiger partial charge in [-0.25, -0.2) is 9.78 Å². The summed E-state index contributed by atoms with van der Waals surface area (Å²) >= 11 is 1.24. The summed E-state index contributed by atoms with van der Waals surface area (Å²) in [5.74, 6) is -1.74. The number of benzene rings is 1. The normalized spacial score (nSPS) is 19.9. The lowest BCUT2D eigenvalue weighted by atomic mass is 9.89. The van der Waals surface area contributed by atoms with Gasteiger partial charge in [0.15, 0.2) is 17.8 Å². The predicted octanol–water partition coefficient (Wildman–Crippen LogP) is 2.92. The Morgan fingerprint density at radius 2 is 2.00 bits per heavy atom. The second kappa shape index (κ2) is 8.70. The molecule has 2 aliphatic rings. The van der Waals surface area contributed by atoms with Crippen LogP contribution in [0.1, 0.15) is 35.9 Å². The van der Waals surface area contributed by atoms with Crippen LogP contribution in [0.5, 0.6) is 0 Å². The topological polar surface area (TPSA) is 142 Å². The summed E-state index contributed by atoms with van der Waals surface area (Å²) in [6.07, 6.45) is -0.964. The number of oxazole rings is 1. The molecule has 11 nitrogen and oxygen atoms in total. The molecule has 0 saturated carbocycles. The number of carbonyl (C=O) groups excluding carboxylic acids is 3. The van der Waals surface area contributed by atoms with E-state index in [9.17, 15) is 24.5 Å². The highest BCUT2D eigenvalue weighted by atomic mass is 32.2. The van der Waals surface area contributed by atoms with E-state index in [0.717, 1.165) is 0 Å². The van der Waals surface area contributed by atoms with E-state index in [0.29, 0.717) is 22.9 Å². The maximum atomic E-state index is 13.0. The molecule has 0 N–H and O–H groups in total. The van der Waals surface area contributed by atoms with E-state index in [1.165, 1.54) is 53.3 Å². The molecule has 3 heterocycles. The summed E-state index contributed by atoms with van der Waals surface area (Å²) in [5.41, 5.74) is 1.10. The Labute approximate surface area is 191 Å². The molecule has 0 bridgehead atoms. The minimum atomic E-state index is -0.964. The van der Waals surface area contributed by atoms with E-state index < -0.39 is 40.2 Å². The molecule has 1 saturated heterocycles. The van der Waals surface area contributed by atoms with Crippen molar-refractivity contribution in [1.29, 1.82) is 0 Å². The smallest absolute Gasteiger partial charge is 0.355 e. The maximum Gasteiger partial charge on any atom is 0.355 e.